The molecule has 1 aliphatic heterocycles. The number of hydrogen-bond donors (Lipinski definition) is 0. The SMILES string of the molecule is CC(=O)N(c1ccccc1)c1nc(/C=C2\N=C(c3ccccc3)OC2=O)cs1. The Morgan fingerprint density at radius 1 is 1.07 bits per heavy atom. The van der Waals surface area contributed by atoms with Crippen LogP contribution in [0.15, 0.2) is 76.7 Å². The molecule has 1 amide bonds. The second-order valence-corrected chi connectivity index (χ2v) is 6.78. The van der Waals surface area contributed by atoms with Gasteiger partial charge in [0.1, 0.15) is 0 Å². The zero-order valence-electron chi connectivity index (χ0n) is 14.9. The maximum absolute atomic E-state index is 12.1. The lowest BCUT2D eigenvalue weighted by Gasteiger charge is -2.17. The minimum Gasteiger partial charge on any atom is -0.402 e. The fraction of sp³-hybridized carbons (Fsp3) is 0.0476. The fourth-order valence-corrected chi connectivity index (χ4v) is 3.55. The van der Waals surface area contributed by atoms with Crippen molar-refractivity contribution in [1.82, 2.24) is 4.98 Å². The smallest absolute Gasteiger partial charge is 0.363 e. The zero-order valence-corrected chi connectivity index (χ0v) is 15.7. The molecule has 0 N–H and O–H groups in total. The summed E-state index contributed by atoms with van der Waals surface area (Å²) < 4.78 is 5.25. The zero-order chi connectivity index (χ0) is 19.5. The van der Waals surface area contributed by atoms with Gasteiger partial charge in [0.15, 0.2) is 10.8 Å². The predicted octanol–water partition coefficient (Wildman–Crippen LogP) is 4.17. The van der Waals surface area contributed by atoms with E-state index in [0.717, 1.165) is 11.3 Å². The average molecular weight is 389 g/mol. The number of nitrogens with zero attached hydrogens (tertiary/aromatic N) is 3. The molecule has 2 aromatic carbocycles. The second-order valence-electron chi connectivity index (χ2n) is 5.95. The summed E-state index contributed by atoms with van der Waals surface area (Å²) in [5, 5.41) is 2.29. The summed E-state index contributed by atoms with van der Waals surface area (Å²) in [5.74, 6) is -0.411. The fourth-order valence-electron chi connectivity index (χ4n) is 2.70. The van der Waals surface area contributed by atoms with Crippen LogP contribution in [0.1, 0.15) is 18.2 Å². The molecule has 2 heterocycles. The van der Waals surface area contributed by atoms with Crippen molar-refractivity contribution in [3.05, 3.63) is 83.0 Å². The largest absolute Gasteiger partial charge is 0.402 e. The number of aromatic nitrogens is 1. The molecule has 1 aliphatic rings. The van der Waals surface area contributed by atoms with Crippen LogP contribution < -0.4 is 4.90 Å². The van der Waals surface area contributed by atoms with E-state index in [1.54, 1.807) is 11.5 Å². The lowest BCUT2D eigenvalue weighted by molar-refractivity contribution is -0.130. The van der Waals surface area contributed by atoms with E-state index in [1.807, 2.05) is 60.7 Å². The molecule has 28 heavy (non-hydrogen) atoms. The van der Waals surface area contributed by atoms with Crippen molar-refractivity contribution in [2.45, 2.75) is 6.92 Å². The van der Waals surface area contributed by atoms with Crippen LogP contribution in [-0.4, -0.2) is 22.8 Å². The van der Waals surface area contributed by atoms with Gasteiger partial charge in [0.2, 0.25) is 11.8 Å². The number of aliphatic imine (C=N–C) groups is 1. The molecule has 0 saturated heterocycles. The molecular weight excluding hydrogens is 374 g/mol. The van der Waals surface area contributed by atoms with E-state index in [4.69, 9.17) is 4.74 Å². The highest BCUT2D eigenvalue weighted by molar-refractivity contribution is 7.14. The highest BCUT2D eigenvalue weighted by atomic mass is 32.1. The Bertz CT molecular complexity index is 1090. The van der Waals surface area contributed by atoms with Gasteiger partial charge >= 0.3 is 5.97 Å². The summed E-state index contributed by atoms with van der Waals surface area (Å²) in [5.41, 5.74) is 2.16. The van der Waals surface area contributed by atoms with Crippen molar-refractivity contribution in [3.63, 3.8) is 0 Å². The van der Waals surface area contributed by atoms with Crippen molar-refractivity contribution < 1.29 is 14.3 Å². The first-order chi connectivity index (χ1) is 13.6. The van der Waals surface area contributed by atoms with Gasteiger partial charge in [-0.25, -0.2) is 14.8 Å². The molecule has 0 bridgehead atoms. The quantitative estimate of drug-likeness (QED) is 0.496. The van der Waals surface area contributed by atoms with E-state index < -0.39 is 5.97 Å². The minimum atomic E-state index is -0.528. The molecule has 7 heteroatoms. The van der Waals surface area contributed by atoms with Crippen LogP contribution in [0.3, 0.4) is 0 Å². The van der Waals surface area contributed by atoms with Gasteiger partial charge < -0.3 is 4.74 Å². The van der Waals surface area contributed by atoms with Crippen LogP contribution in [0, 0.1) is 0 Å². The first-order valence-electron chi connectivity index (χ1n) is 8.51. The van der Waals surface area contributed by atoms with Gasteiger partial charge in [-0.3, -0.25) is 9.69 Å². The first-order valence-corrected chi connectivity index (χ1v) is 9.39. The van der Waals surface area contributed by atoms with Gasteiger partial charge in [0.25, 0.3) is 0 Å². The van der Waals surface area contributed by atoms with Gasteiger partial charge in [0.05, 0.1) is 11.4 Å². The van der Waals surface area contributed by atoms with Crippen LogP contribution in [0.4, 0.5) is 10.8 Å². The maximum Gasteiger partial charge on any atom is 0.363 e. The summed E-state index contributed by atoms with van der Waals surface area (Å²) in [6.45, 7) is 1.48. The van der Waals surface area contributed by atoms with E-state index in [9.17, 15) is 9.59 Å². The topological polar surface area (TPSA) is 71.9 Å². The summed E-state index contributed by atoms with van der Waals surface area (Å²) >= 11 is 1.31. The van der Waals surface area contributed by atoms with E-state index in [0.29, 0.717) is 10.8 Å². The van der Waals surface area contributed by atoms with Gasteiger partial charge in [-0.1, -0.05) is 36.4 Å². The molecule has 6 nitrogen and oxygen atoms in total. The van der Waals surface area contributed by atoms with Crippen molar-refractivity contribution >= 4 is 46.0 Å². The number of ether oxygens (including phenoxy) is 1. The van der Waals surface area contributed by atoms with Gasteiger partial charge in [0, 0.05) is 17.9 Å². The molecule has 4 rings (SSSR count). The van der Waals surface area contributed by atoms with Gasteiger partial charge in [-0.2, -0.15) is 0 Å². The standard InChI is InChI=1S/C21H15N3O3S/c1-14(25)24(17-10-6-3-7-11-17)21-22-16(13-28-21)12-18-20(26)27-19(23-18)15-8-4-2-5-9-15/h2-13H,1H3/b18-12-. The Kier molecular flexibility index (Phi) is 4.82. The van der Waals surface area contributed by atoms with Crippen LogP contribution in [0.25, 0.3) is 6.08 Å². The number of amides is 1. The minimum absolute atomic E-state index is 0.149. The Labute approximate surface area is 165 Å². The third kappa shape index (κ3) is 3.60. The Morgan fingerprint density at radius 2 is 1.75 bits per heavy atom. The van der Waals surface area contributed by atoms with Gasteiger partial charge in [-0.15, -0.1) is 11.3 Å². The van der Waals surface area contributed by atoms with Crippen molar-refractivity contribution in [1.29, 1.82) is 0 Å². The highest BCUT2D eigenvalue weighted by Crippen LogP contribution is 2.30. The Morgan fingerprint density at radius 3 is 2.43 bits per heavy atom. The first kappa shape index (κ1) is 17.8. The van der Waals surface area contributed by atoms with E-state index >= 15 is 0 Å². The maximum atomic E-state index is 12.1. The van der Waals surface area contributed by atoms with Crippen LogP contribution in [-0.2, 0) is 14.3 Å². The van der Waals surface area contributed by atoms with Crippen LogP contribution in [0.5, 0.6) is 0 Å². The van der Waals surface area contributed by atoms with Crippen molar-refractivity contribution in [2.24, 2.45) is 4.99 Å². The van der Waals surface area contributed by atoms with E-state index in [1.165, 1.54) is 23.2 Å². The molecule has 0 unspecified atom stereocenters. The molecule has 1 aromatic heterocycles. The highest BCUT2D eigenvalue weighted by Gasteiger charge is 2.25. The molecule has 0 spiro atoms. The predicted molar refractivity (Wildman–Crippen MR) is 108 cm³/mol. The number of esters is 1. The molecule has 0 saturated carbocycles. The third-order valence-electron chi connectivity index (χ3n) is 3.96. The van der Waals surface area contributed by atoms with E-state index in [-0.39, 0.29) is 17.5 Å². The number of anilines is 2. The average Bonchev–Trinajstić information content (AvgIpc) is 3.31. The number of carbonyl (C=O) groups is 2. The Hall–Kier alpha value is -3.58. The summed E-state index contributed by atoms with van der Waals surface area (Å²) in [4.78, 5) is 34.5. The van der Waals surface area contributed by atoms with Crippen molar-refractivity contribution in [3.8, 4) is 0 Å². The number of thiazole rings is 1. The number of benzene rings is 2. The molecule has 0 aliphatic carbocycles. The lowest BCUT2D eigenvalue weighted by Crippen LogP contribution is -2.22. The molecule has 0 fully saturated rings. The normalized spacial score (nSPS) is 14.7. The summed E-state index contributed by atoms with van der Waals surface area (Å²) in [6, 6.07) is 18.5. The molecular formula is C21H15N3O3S. The summed E-state index contributed by atoms with van der Waals surface area (Å²) in [7, 11) is 0. The van der Waals surface area contributed by atoms with E-state index in [2.05, 4.69) is 9.98 Å². The second kappa shape index (κ2) is 7.58. The third-order valence-corrected chi connectivity index (χ3v) is 4.80. The van der Waals surface area contributed by atoms with Crippen LogP contribution in [0.2, 0.25) is 0 Å². The van der Waals surface area contributed by atoms with Crippen LogP contribution >= 0.6 is 11.3 Å². The Balaban J connectivity index is 1.63. The van der Waals surface area contributed by atoms with Crippen molar-refractivity contribution in [2.75, 3.05) is 4.90 Å². The number of para-hydroxylation sites is 1. The number of carbonyl (C=O) groups excluding carboxylic acids is 2. The van der Waals surface area contributed by atoms with Gasteiger partial charge in [-0.05, 0) is 30.3 Å². The number of hydrogen-bond acceptors (Lipinski definition) is 6. The molecule has 138 valence electrons. The monoisotopic (exact) mass is 389 g/mol. The molecule has 0 atom stereocenters. The number of cyclic esters (lactones) is 1. The molecule has 3 aromatic rings. The lowest BCUT2D eigenvalue weighted by atomic mass is 10.2. The number of rotatable bonds is 4. The molecule has 0 radical (unpaired) electrons. The summed E-state index contributed by atoms with van der Waals surface area (Å²) in [6.07, 6.45) is 1.56.